The molecule has 108 valence electrons. The fraction of sp³-hybridized carbons (Fsp3) is 1.00. The molecule has 4 rings (SSSR count). The Hall–Kier alpha value is -0.120. The zero-order valence-electron chi connectivity index (χ0n) is 11.9. The molecule has 3 nitrogen and oxygen atoms in total. The topological polar surface area (TPSA) is 41.5 Å². The molecule has 3 aliphatic heterocycles. The van der Waals surface area contributed by atoms with E-state index < -0.39 is 5.60 Å². The van der Waals surface area contributed by atoms with Crippen molar-refractivity contribution in [1.29, 1.82) is 0 Å². The van der Waals surface area contributed by atoms with Crippen LogP contribution in [-0.2, 0) is 4.74 Å². The van der Waals surface area contributed by atoms with Gasteiger partial charge in [0.05, 0.1) is 11.2 Å². The van der Waals surface area contributed by atoms with Crippen LogP contribution in [0.4, 0.5) is 0 Å². The number of hydrogen-bond donors (Lipinski definition) is 2. The number of aliphatic hydroxyl groups is 1. The summed E-state index contributed by atoms with van der Waals surface area (Å²) in [6, 6.07) is 1.15. The molecule has 2 N–H and O–H groups in total. The fourth-order valence-corrected chi connectivity index (χ4v) is 5.35. The van der Waals surface area contributed by atoms with Crippen LogP contribution >= 0.6 is 0 Å². The molecule has 1 spiro atoms. The molecule has 0 amide bonds. The standard InChI is InChI=1S/C16H27NO2/c18-16(10-13-3-4-14(11-16)17-13)12-5-8-19-15(9-12)6-1-2-7-15/h12-14,17-18H,1-11H2. The molecule has 0 aromatic heterocycles. The van der Waals surface area contributed by atoms with Crippen molar-refractivity contribution in [3.8, 4) is 0 Å². The van der Waals surface area contributed by atoms with Crippen LogP contribution < -0.4 is 5.32 Å². The van der Waals surface area contributed by atoms with Crippen molar-refractivity contribution in [2.24, 2.45) is 5.92 Å². The Bertz CT molecular complexity index is 339. The summed E-state index contributed by atoms with van der Waals surface area (Å²) in [7, 11) is 0. The average Bonchev–Trinajstić information content (AvgIpc) is 2.97. The molecule has 19 heavy (non-hydrogen) atoms. The molecule has 3 atom stereocenters. The van der Waals surface area contributed by atoms with Crippen LogP contribution in [0.2, 0.25) is 0 Å². The van der Waals surface area contributed by atoms with Crippen LogP contribution in [0.15, 0.2) is 0 Å². The van der Waals surface area contributed by atoms with E-state index in [0.29, 0.717) is 18.0 Å². The molecule has 3 unspecified atom stereocenters. The summed E-state index contributed by atoms with van der Waals surface area (Å²) in [6.45, 7) is 0.871. The second-order valence-corrected chi connectivity index (χ2v) is 7.58. The average molecular weight is 265 g/mol. The largest absolute Gasteiger partial charge is 0.389 e. The van der Waals surface area contributed by atoms with Gasteiger partial charge in [-0.1, -0.05) is 12.8 Å². The van der Waals surface area contributed by atoms with Crippen LogP contribution in [-0.4, -0.2) is 35.0 Å². The smallest absolute Gasteiger partial charge is 0.0707 e. The van der Waals surface area contributed by atoms with Gasteiger partial charge in [0.1, 0.15) is 0 Å². The Labute approximate surface area is 116 Å². The Balaban J connectivity index is 1.51. The highest BCUT2D eigenvalue weighted by molar-refractivity contribution is 5.05. The van der Waals surface area contributed by atoms with E-state index in [1.807, 2.05) is 0 Å². The lowest BCUT2D eigenvalue weighted by Gasteiger charge is -2.48. The van der Waals surface area contributed by atoms with Crippen LogP contribution in [0.5, 0.6) is 0 Å². The number of rotatable bonds is 1. The molecule has 4 aliphatic rings. The summed E-state index contributed by atoms with van der Waals surface area (Å²) in [5.41, 5.74) is -0.265. The maximum atomic E-state index is 11.2. The van der Waals surface area contributed by atoms with Gasteiger partial charge in [0, 0.05) is 18.7 Å². The molecular formula is C16H27NO2. The molecule has 0 aromatic rings. The molecule has 1 aliphatic carbocycles. The van der Waals surface area contributed by atoms with Gasteiger partial charge in [-0.3, -0.25) is 0 Å². The van der Waals surface area contributed by atoms with E-state index in [-0.39, 0.29) is 5.60 Å². The zero-order chi connectivity index (χ0) is 12.9. The summed E-state index contributed by atoms with van der Waals surface area (Å²) in [6.07, 6.45) is 11.8. The highest BCUT2D eigenvalue weighted by atomic mass is 16.5. The third-order valence-electron chi connectivity index (χ3n) is 6.30. The van der Waals surface area contributed by atoms with E-state index in [9.17, 15) is 5.11 Å². The Morgan fingerprint density at radius 1 is 0.947 bits per heavy atom. The fourth-order valence-electron chi connectivity index (χ4n) is 5.35. The third-order valence-corrected chi connectivity index (χ3v) is 6.30. The van der Waals surface area contributed by atoms with Gasteiger partial charge in [0.15, 0.2) is 0 Å². The first-order valence-electron chi connectivity index (χ1n) is 8.30. The minimum Gasteiger partial charge on any atom is -0.389 e. The minimum absolute atomic E-state index is 0.141. The van der Waals surface area contributed by atoms with Crippen LogP contribution in [0.1, 0.15) is 64.2 Å². The molecule has 3 heterocycles. The molecule has 3 saturated heterocycles. The van der Waals surface area contributed by atoms with Crippen LogP contribution in [0, 0.1) is 5.92 Å². The van der Waals surface area contributed by atoms with E-state index in [1.165, 1.54) is 38.5 Å². The number of nitrogens with one attached hydrogen (secondary N) is 1. The summed E-state index contributed by atoms with van der Waals surface area (Å²) >= 11 is 0. The SMILES string of the molecule is OC1(C2CCOC3(CCCC3)C2)CC2CCC(C1)N2. The number of hydrogen-bond acceptors (Lipinski definition) is 3. The normalized spacial score (nSPS) is 48.8. The second kappa shape index (κ2) is 4.44. The lowest BCUT2D eigenvalue weighted by molar-refractivity contribution is -0.151. The van der Waals surface area contributed by atoms with Gasteiger partial charge < -0.3 is 15.2 Å². The summed E-state index contributed by atoms with van der Waals surface area (Å²) in [5, 5.41) is 14.9. The number of fused-ring (bicyclic) bond motifs is 2. The zero-order valence-corrected chi connectivity index (χ0v) is 11.9. The van der Waals surface area contributed by atoms with Gasteiger partial charge in [0.2, 0.25) is 0 Å². The minimum atomic E-state index is -0.406. The van der Waals surface area contributed by atoms with E-state index in [0.717, 1.165) is 32.3 Å². The summed E-state index contributed by atoms with van der Waals surface area (Å²) in [5.74, 6) is 0.476. The monoisotopic (exact) mass is 265 g/mol. The quantitative estimate of drug-likeness (QED) is 0.765. The predicted molar refractivity (Wildman–Crippen MR) is 74.0 cm³/mol. The first kappa shape index (κ1) is 12.6. The predicted octanol–water partition coefficient (Wildman–Crippen LogP) is 2.37. The molecule has 3 heteroatoms. The van der Waals surface area contributed by atoms with Gasteiger partial charge in [-0.05, 0) is 57.3 Å². The summed E-state index contributed by atoms with van der Waals surface area (Å²) < 4.78 is 6.14. The maximum absolute atomic E-state index is 11.2. The lowest BCUT2D eigenvalue weighted by atomic mass is 9.70. The van der Waals surface area contributed by atoms with Crippen LogP contribution in [0.3, 0.4) is 0 Å². The van der Waals surface area contributed by atoms with Crippen molar-refractivity contribution in [3.05, 3.63) is 0 Å². The van der Waals surface area contributed by atoms with Crippen LogP contribution in [0.25, 0.3) is 0 Å². The highest BCUT2D eigenvalue weighted by Gasteiger charge is 2.51. The summed E-state index contributed by atoms with van der Waals surface area (Å²) in [4.78, 5) is 0. The molecule has 2 bridgehead atoms. The Morgan fingerprint density at radius 2 is 1.63 bits per heavy atom. The van der Waals surface area contributed by atoms with E-state index in [2.05, 4.69) is 5.32 Å². The Morgan fingerprint density at radius 3 is 2.32 bits per heavy atom. The molecule has 1 saturated carbocycles. The number of ether oxygens (including phenoxy) is 1. The molecular weight excluding hydrogens is 238 g/mol. The van der Waals surface area contributed by atoms with Crippen molar-refractivity contribution in [3.63, 3.8) is 0 Å². The van der Waals surface area contributed by atoms with Crippen molar-refractivity contribution >= 4 is 0 Å². The van der Waals surface area contributed by atoms with Gasteiger partial charge in [-0.2, -0.15) is 0 Å². The van der Waals surface area contributed by atoms with Gasteiger partial charge in [-0.25, -0.2) is 0 Å². The van der Waals surface area contributed by atoms with E-state index in [4.69, 9.17) is 4.74 Å². The number of piperidine rings is 1. The van der Waals surface area contributed by atoms with E-state index >= 15 is 0 Å². The maximum Gasteiger partial charge on any atom is 0.0707 e. The Kier molecular flexibility index (Phi) is 2.95. The molecule has 0 radical (unpaired) electrons. The lowest BCUT2D eigenvalue weighted by Crippen LogP contribution is -2.55. The van der Waals surface area contributed by atoms with Gasteiger partial charge in [0.25, 0.3) is 0 Å². The van der Waals surface area contributed by atoms with Gasteiger partial charge in [-0.15, -0.1) is 0 Å². The second-order valence-electron chi connectivity index (χ2n) is 7.58. The first-order chi connectivity index (χ1) is 9.18. The van der Waals surface area contributed by atoms with Crippen molar-refractivity contribution in [2.75, 3.05) is 6.61 Å². The highest BCUT2D eigenvalue weighted by Crippen LogP contribution is 2.49. The van der Waals surface area contributed by atoms with Crippen molar-refractivity contribution in [2.45, 2.75) is 87.5 Å². The molecule has 0 aromatic carbocycles. The van der Waals surface area contributed by atoms with Crippen molar-refractivity contribution < 1.29 is 9.84 Å². The van der Waals surface area contributed by atoms with Gasteiger partial charge >= 0.3 is 0 Å². The van der Waals surface area contributed by atoms with Crippen molar-refractivity contribution in [1.82, 2.24) is 5.32 Å². The molecule has 4 fully saturated rings. The first-order valence-corrected chi connectivity index (χ1v) is 8.30. The van der Waals surface area contributed by atoms with E-state index in [1.54, 1.807) is 0 Å². The third kappa shape index (κ3) is 2.14.